The highest BCUT2D eigenvalue weighted by atomic mass is 32.2. The number of hydrogen-bond acceptors (Lipinski definition) is 8. The monoisotopic (exact) mass is 469 g/mol. The number of thioether (sulfide) groups is 1. The molecule has 0 N–H and O–H groups in total. The van der Waals surface area contributed by atoms with Crippen LogP contribution in [0, 0.1) is 11.3 Å². The Morgan fingerprint density at radius 1 is 1.19 bits per heavy atom. The summed E-state index contributed by atoms with van der Waals surface area (Å²) in [7, 11) is 3.20. The van der Waals surface area contributed by atoms with Crippen LogP contribution in [0.25, 0.3) is 20.7 Å². The fraction of sp³-hybridized carbons (Fsp3) is 0.227. The second kappa shape index (κ2) is 9.56. The summed E-state index contributed by atoms with van der Waals surface area (Å²) < 4.78 is 12.4. The Morgan fingerprint density at radius 2 is 2.03 bits per heavy atom. The third kappa shape index (κ3) is 4.32. The molecule has 0 spiro atoms. The van der Waals surface area contributed by atoms with Gasteiger partial charge in [0.05, 0.1) is 31.4 Å². The summed E-state index contributed by atoms with van der Waals surface area (Å²) in [5, 5.41) is 14.2. The molecule has 4 aromatic rings. The van der Waals surface area contributed by atoms with E-state index >= 15 is 0 Å². The van der Waals surface area contributed by atoms with Gasteiger partial charge >= 0.3 is 0 Å². The van der Waals surface area contributed by atoms with E-state index in [0.29, 0.717) is 39.8 Å². The molecule has 0 radical (unpaired) electrons. The van der Waals surface area contributed by atoms with Crippen molar-refractivity contribution in [2.24, 2.45) is 0 Å². The lowest BCUT2D eigenvalue weighted by Crippen LogP contribution is -2.24. The zero-order valence-electron chi connectivity index (χ0n) is 17.0. The number of methoxy groups -OCH3 is 2. The predicted octanol–water partition coefficient (Wildman–Crippen LogP) is 5.06. The second-order valence-electron chi connectivity index (χ2n) is 6.54. The number of fused-ring (bicyclic) bond motifs is 1. The van der Waals surface area contributed by atoms with Crippen molar-refractivity contribution < 1.29 is 9.47 Å². The molecular formula is C22H19N3O3S3. The highest BCUT2D eigenvalue weighted by Gasteiger charge is 2.18. The minimum atomic E-state index is -0.0735. The van der Waals surface area contributed by atoms with Crippen LogP contribution >= 0.6 is 34.4 Å². The number of benzene rings is 1. The van der Waals surface area contributed by atoms with Gasteiger partial charge in [-0.1, -0.05) is 23.9 Å². The van der Waals surface area contributed by atoms with Crippen molar-refractivity contribution >= 4 is 44.7 Å². The van der Waals surface area contributed by atoms with E-state index in [1.54, 1.807) is 30.1 Å². The third-order valence-electron chi connectivity index (χ3n) is 4.78. The number of ether oxygens (including phenoxy) is 2. The molecular weight excluding hydrogens is 450 g/mol. The van der Waals surface area contributed by atoms with E-state index < -0.39 is 0 Å². The average molecular weight is 470 g/mol. The van der Waals surface area contributed by atoms with Crippen LogP contribution in [0.3, 0.4) is 0 Å². The summed E-state index contributed by atoms with van der Waals surface area (Å²) in [6, 6.07) is 11.8. The van der Waals surface area contributed by atoms with E-state index in [-0.39, 0.29) is 11.3 Å². The number of aryl methyl sites for hydroxylation is 1. The minimum absolute atomic E-state index is 0.0735. The van der Waals surface area contributed by atoms with E-state index in [0.717, 1.165) is 16.0 Å². The van der Waals surface area contributed by atoms with E-state index in [9.17, 15) is 4.79 Å². The Balaban J connectivity index is 1.74. The lowest BCUT2D eigenvalue weighted by molar-refractivity contribution is 0.354. The number of hydrogen-bond donors (Lipinski definition) is 0. The van der Waals surface area contributed by atoms with Gasteiger partial charge in [0, 0.05) is 22.4 Å². The largest absolute Gasteiger partial charge is 0.493 e. The predicted molar refractivity (Wildman–Crippen MR) is 127 cm³/mol. The standard InChI is InChI=1S/C22H19N3O3S3/c1-27-16-6-5-14(12-17(16)28-2)7-9-25-21(26)19-15(18-4-3-10-29-18)13-31-20(19)24-22(25)30-11-8-23/h3-6,10,12-13H,7,9,11H2,1-2H3. The van der Waals surface area contributed by atoms with Gasteiger partial charge in [0.15, 0.2) is 16.7 Å². The van der Waals surface area contributed by atoms with Crippen molar-refractivity contribution in [2.75, 3.05) is 20.0 Å². The fourth-order valence-electron chi connectivity index (χ4n) is 3.30. The van der Waals surface area contributed by atoms with Gasteiger partial charge in [0.2, 0.25) is 0 Å². The summed E-state index contributed by atoms with van der Waals surface area (Å²) in [5.74, 6) is 1.55. The van der Waals surface area contributed by atoms with E-state index in [1.165, 1.54) is 23.1 Å². The summed E-state index contributed by atoms with van der Waals surface area (Å²) >= 11 is 4.35. The van der Waals surface area contributed by atoms with Gasteiger partial charge < -0.3 is 9.47 Å². The third-order valence-corrected chi connectivity index (χ3v) is 7.40. The van der Waals surface area contributed by atoms with Crippen LogP contribution < -0.4 is 15.0 Å². The summed E-state index contributed by atoms with van der Waals surface area (Å²) in [6.45, 7) is 0.449. The van der Waals surface area contributed by atoms with Crippen LogP contribution in [0.2, 0.25) is 0 Å². The molecule has 1 aromatic carbocycles. The second-order valence-corrected chi connectivity index (χ2v) is 9.29. The van der Waals surface area contributed by atoms with Gasteiger partial charge in [0.1, 0.15) is 4.83 Å². The van der Waals surface area contributed by atoms with Crippen LogP contribution in [0.1, 0.15) is 5.56 Å². The Kier molecular flexibility index (Phi) is 6.61. The molecule has 0 aliphatic rings. The van der Waals surface area contributed by atoms with E-state index in [4.69, 9.17) is 19.7 Å². The molecule has 0 aliphatic heterocycles. The van der Waals surface area contributed by atoms with Crippen LogP contribution in [-0.4, -0.2) is 29.5 Å². The van der Waals surface area contributed by atoms with Crippen molar-refractivity contribution in [1.82, 2.24) is 9.55 Å². The smallest absolute Gasteiger partial charge is 0.263 e. The van der Waals surface area contributed by atoms with Crippen molar-refractivity contribution in [1.29, 1.82) is 5.26 Å². The normalized spacial score (nSPS) is 10.9. The van der Waals surface area contributed by atoms with Gasteiger partial charge in [-0.15, -0.1) is 22.7 Å². The number of nitriles is 1. The zero-order chi connectivity index (χ0) is 21.8. The number of thiophene rings is 2. The van der Waals surface area contributed by atoms with E-state index in [2.05, 4.69) is 6.07 Å². The summed E-state index contributed by atoms with van der Waals surface area (Å²) in [4.78, 5) is 20.0. The SMILES string of the molecule is COc1ccc(CCn2c(SCC#N)nc3scc(-c4cccs4)c3c2=O)cc1OC. The molecule has 3 aromatic heterocycles. The summed E-state index contributed by atoms with van der Waals surface area (Å²) in [5.41, 5.74) is 1.87. The molecule has 31 heavy (non-hydrogen) atoms. The lowest BCUT2D eigenvalue weighted by atomic mass is 10.1. The first kappa shape index (κ1) is 21.4. The molecule has 9 heteroatoms. The quantitative estimate of drug-likeness (QED) is 0.265. The maximum absolute atomic E-state index is 13.5. The molecule has 0 aliphatic carbocycles. The molecule has 0 bridgehead atoms. The highest BCUT2D eigenvalue weighted by molar-refractivity contribution is 7.99. The van der Waals surface area contributed by atoms with Crippen LogP contribution in [0.15, 0.2) is 51.0 Å². The highest BCUT2D eigenvalue weighted by Crippen LogP contribution is 2.34. The van der Waals surface area contributed by atoms with Gasteiger partial charge in [-0.2, -0.15) is 5.26 Å². The molecule has 0 amide bonds. The molecule has 6 nitrogen and oxygen atoms in total. The molecule has 0 unspecified atom stereocenters. The minimum Gasteiger partial charge on any atom is -0.493 e. The average Bonchev–Trinajstić information content (AvgIpc) is 3.46. The Bertz CT molecular complexity index is 1300. The molecule has 0 atom stereocenters. The van der Waals surface area contributed by atoms with Gasteiger partial charge in [-0.25, -0.2) is 4.98 Å². The lowest BCUT2D eigenvalue weighted by Gasteiger charge is -2.13. The molecule has 158 valence electrons. The van der Waals surface area contributed by atoms with Crippen LogP contribution in [0.4, 0.5) is 0 Å². The Morgan fingerprint density at radius 3 is 2.74 bits per heavy atom. The maximum Gasteiger partial charge on any atom is 0.263 e. The fourth-order valence-corrected chi connectivity index (χ4v) is 5.79. The van der Waals surface area contributed by atoms with Crippen LogP contribution in [-0.2, 0) is 13.0 Å². The molecule has 3 heterocycles. The first-order valence-corrected chi connectivity index (χ1v) is 12.2. The number of aromatic nitrogens is 2. The maximum atomic E-state index is 13.5. The molecule has 0 saturated carbocycles. The Labute approximate surface area is 191 Å². The molecule has 4 rings (SSSR count). The molecule has 0 saturated heterocycles. The zero-order valence-corrected chi connectivity index (χ0v) is 19.4. The van der Waals surface area contributed by atoms with Crippen molar-refractivity contribution in [3.8, 4) is 28.0 Å². The van der Waals surface area contributed by atoms with Gasteiger partial charge in [-0.05, 0) is 35.6 Å². The van der Waals surface area contributed by atoms with Crippen molar-refractivity contribution in [3.63, 3.8) is 0 Å². The van der Waals surface area contributed by atoms with E-state index in [1.807, 2.05) is 41.1 Å². The Hall–Kier alpha value is -2.80. The number of nitrogens with zero attached hydrogens (tertiary/aromatic N) is 3. The van der Waals surface area contributed by atoms with Crippen molar-refractivity contribution in [2.45, 2.75) is 18.1 Å². The van der Waals surface area contributed by atoms with Crippen molar-refractivity contribution in [3.05, 3.63) is 57.0 Å². The topological polar surface area (TPSA) is 77.1 Å². The van der Waals surface area contributed by atoms with Gasteiger partial charge in [-0.3, -0.25) is 9.36 Å². The first-order valence-electron chi connectivity index (χ1n) is 9.42. The summed E-state index contributed by atoms with van der Waals surface area (Å²) in [6.07, 6.45) is 0.617. The molecule has 0 fully saturated rings. The van der Waals surface area contributed by atoms with Crippen LogP contribution in [0.5, 0.6) is 11.5 Å². The first-order chi connectivity index (χ1) is 15.2. The number of rotatable bonds is 8. The van der Waals surface area contributed by atoms with Gasteiger partial charge in [0.25, 0.3) is 5.56 Å².